The normalized spacial score (nSPS) is 17.1. The average molecular weight is 398 g/mol. The zero-order valence-electron chi connectivity index (χ0n) is 15.6. The van der Waals surface area contributed by atoms with Crippen LogP contribution in [0.25, 0.3) is 0 Å². The Bertz CT molecular complexity index is 738. The highest BCUT2D eigenvalue weighted by atomic mass is 32.2. The summed E-state index contributed by atoms with van der Waals surface area (Å²) in [6, 6.07) is 5.48. The fraction of sp³-hybridized carbons (Fsp3) is 0.556. The number of esters is 1. The lowest BCUT2D eigenvalue weighted by atomic mass is 10.2. The molecule has 1 N–H and O–H groups in total. The van der Waals surface area contributed by atoms with Gasteiger partial charge >= 0.3 is 5.97 Å². The Labute approximate surface area is 159 Å². The molecule has 0 aliphatic carbocycles. The van der Waals surface area contributed by atoms with E-state index in [9.17, 15) is 18.0 Å². The quantitative estimate of drug-likeness (QED) is 0.627. The van der Waals surface area contributed by atoms with Crippen LogP contribution in [0.15, 0.2) is 29.2 Å². The van der Waals surface area contributed by atoms with Crippen molar-refractivity contribution in [2.75, 3.05) is 32.8 Å². The van der Waals surface area contributed by atoms with Crippen LogP contribution >= 0.6 is 0 Å². The minimum atomic E-state index is -3.58. The number of amides is 1. The molecule has 8 nitrogen and oxygen atoms in total. The maximum absolute atomic E-state index is 12.4. The van der Waals surface area contributed by atoms with Gasteiger partial charge in [0.25, 0.3) is 5.91 Å². The summed E-state index contributed by atoms with van der Waals surface area (Å²) in [5.74, 6) is -1.09. The highest BCUT2D eigenvalue weighted by Gasteiger charge is 2.22. The second-order valence-electron chi connectivity index (χ2n) is 6.13. The molecule has 1 saturated heterocycles. The Balaban J connectivity index is 1.86. The van der Waals surface area contributed by atoms with Crippen molar-refractivity contribution in [3.63, 3.8) is 0 Å². The van der Waals surface area contributed by atoms with Crippen LogP contribution in [-0.4, -0.2) is 63.6 Å². The minimum Gasteiger partial charge on any atom is -0.452 e. The van der Waals surface area contributed by atoms with Crippen LogP contribution in [0, 0.1) is 0 Å². The fourth-order valence-electron chi connectivity index (χ4n) is 2.77. The summed E-state index contributed by atoms with van der Waals surface area (Å²) in [5, 5.41) is 2.66. The predicted octanol–water partition coefficient (Wildman–Crippen LogP) is 1.17. The molecule has 1 fully saturated rings. The molecule has 1 atom stereocenters. The Hall–Kier alpha value is -1.97. The molecule has 1 amide bonds. The number of nitrogens with zero attached hydrogens (tertiary/aromatic N) is 1. The van der Waals surface area contributed by atoms with Crippen LogP contribution in [0.3, 0.4) is 0 Å². The zero-order chi connectivity index (χ0) is 19.9. The molecule has 1 heterocycles. The summed E-state index contributed by atoms with van der Waals surface area (Å²) < 4.78 is 36.5. The maximum atomic E-state index is 12.4. The number of hydrogen-bond acceptors (Lipinski definition) is 6. The highest BCUT2D eigenvalue weighted by Crippen LogP contribution is 2.16. The lowest BCUT2D eigenvalue weighted by Gasteiger charge is -2.18. The summed E-state index contributed by atoms with van der Waals surface area (Å²) in [4.78, 5) is 23.9. The lowest BCUT2D eigenvalue weighted by Crippen LogP contribution is -2.34. The number of ether oxygens (including phenoxy) is 2. The smallest absolute Gasteiger partial charge is 0.338 e. The van der Waals surface area contributed by atoms with Gasteiger partial charge in [-0.1, -0.05) is 13.8 Å². The summed E-state index contributed by atoms with van der Waals surface area (Å²) in [6.07, 6.45) is 1.91. The van der Waals surface area contributed by atoms with E-state index >= 15 is 0 Å². The molecule has 1 aromatic rings. The standard InChI is InChI=1S/C18H26N2O6S/c1-3-20(4-2)27(23,24)16-9-7-14(8-10-16)18(22)26-13-17(21)19-12-15-6-5-11-25-15/h7-10,15H,3-6,11-13H2,1-2H3,(H,19,21)/t15-/m0/s1. The largest absolute Gasteiger partial charge is 0.452 e. The van der Waals surface area contributed by atoms with Gasteiger partial charge in [-0.05, 0) is 37.1 Å². The van der Waals surface area contributed by atoms with Gasteiger partial charge in [0, 0.05) is 26.2 Å². The number of carbonyl (C=O) groups is 2. The maximum Gasteiger partial charge on any atom is 0.338 e. The third-order valence-electron chi connectivity index (χ3n) is 4.32. The Morgan fingerprint density at radius 2 is 1.89 bits per heavy atom. The van der Waals surface area contributed by atoms with E-state index in [4.69, 9.17) is 9.47 Å². The van der Waals surface area contributed by atoms with E-state index in [1.165, 1.54) is 28.6 Å². The molecule has 150 valence electrons. The SMILES string of the molecule is CCN(CC)S(=O)(=O)c1ccc(C(=O)OCC(=O)NC[C@@H]2CCCO2)cc1. The predicted molar refractivity (Wildman–Crippen MR) is 98.8 cm³/mol. The zero-order valence-corrected chi connectivity index (χ0v) is 16.5. The van der Waals surface area contributed by atoms with Gasteiger partial charge in [0.1, 0.15) is 0 Å². The molecule has 0 saturated carbocycles. The molecule has 0 radical (unpaired) electrons. The van der Waals surface area contributed by atoms with Crippen LogP contribution in [0.2, 0.25) is 0 Å². The first kappa shape index (κ1) is 21.3. The number of carbonyl (C=O) groups excluding carboxylic acids is 2. The Morgan fingerprint density at radius 1 is 1.22 bits per heavy atom. The van der Waals surface area contributed by atoms with Crippen molar-refractivity contribution in [3.05, 3.63) is 29.8 Å². The molecule has 9 heteroatoms. The second-order valence-corrected chi connectivity index (χ2v) is 8.07. The summed E-state index contributed by atoms with van der Waals surface area (Å²) in [5.41, 5.74) is 0.181. The molecule has 0 unspecified atom stereocenters. The summed E-state index contributed by atoms with van der Waals surface area (Å²) >= 11 is 0. The first-order valence-electron chi connectivity index (χ1n) is 9.04. The van der Waals surface area contributed by atoms with E-state index in [0.717, 1.165) is 12.8 Å². The van der Waals surface area contributed by atoms with Crippen LogP contribution in [0.5, 0.6) is 0 Å². The van der Waals surface area contributed by atoms with E-state index in [1.807, 2.05) is 0 Å². The molecule has 1 aliphatic rings. The molecular formula is C18H26N2O6S. The fourth-order valence-corrected chi connectivity index (χ4v) is 4.23. The van der Waals surface area contributed by atoms with Gasteiger partial charge in [-0.25, -0.2) is 13.2 Å². The van der Waals surface area contributed by atoms with Crippen LogP contribution in [0.1, 0.15) is 37.0 Å². The van der Waals surface area contributed by atoms with Crippen molar-refractivity contribution in [1.82, 2.24) is 9.62 Å². The molecular weight excluding hydrogens is 372 g/mol. The van der Waals surface area contributed by atoms with Gasteiger partial charge in [-0.3, -0.25) is 4.79 Å². The average Bonchev–Trinajstić information content (AvgIpc) is 3.19. The third-order valence-corrected chi connectivity index (χ3v) is 6.38. The van der Waals surface area contributed by atoms with Crippen LogP contribution in [-0.2, 0) is 24.3 Å². The minimum absolute atomic E-state index is 0.0185. The van der Waals surface area contributed by atoms with Gasteiger partial charge in [0.2, 0.25) is 10.0 Å². The van der Waals surface area contributed by atoms with Gasteiger partial charge in [0.05, 0.1) is 16.6 Å². The first-order valence-corrected chi connectivity index (χ1v) is 10.5. The molecule has 1 aromatic carbocycles. The number of benzene rings is 1. The Morgan fingerprint density at radius 3 is 2.44 bits per heavy atom. The van der Waals surface area contributed by atoms with E-state index in [-0.39, 0.29) is 16.6 Å². The van der Waals surface area contributed by atoms with Gasteiger partial charge in [-0.2, -0.15) is 4.31 Å². The van der Waals surface area contributed by atoms with Crippen molar-refractivity contribution < 1.29 is 27.5 Å². The number of sulfonamides is 1. The highest BCUT2D eigenvalue weighted by molar-refractivity contribution is 7.89. The van der Waals surface area contributed by atoms with Crippen LogP contribution < -0.4 is 5.32 Å². The van der Waals surface area contributed by atoms with Crippen molar-refractivity contribution in [1.29, 1.82) is 0 Å². The number of rotatable bonds is 9. The van der Waals surface area contributed by atoms with Crippen molar-refractivity contribution in [2.45, 2.75) is 37.7 Å². The molecule has 1 aliphatic heterocycles. The molecule has 2 rings (SSSR count). The first-order chi connectivity index (χ1) is 12.9. The van der Waals surface area contributed by atoms with E-state index < -0.39 is 28.5 Å². The van der Waals surface area contributed by atoms with E-state index in [2.05, 4.69) is 5.32 Å². The van der Waals surface area contributed by atoms with Crippen molar-refractivity contribution >= 4 is 21.9 Å². The molecule has 0 spiro atoms. The van der Waals surface area contributed by atoms with Crippen molar-refractivity contribution in [3.8, 4) is 0 Å². The lowest BCUT2D eigenvalue weighted by molar-refractivity contribution is -0.124. The van der Waals surface area contributed by atoms with Crippen molar-refractivity contribution in [2.24, 2.45) is 0 Å². The summed E-state index contributed by atoms with van der Waals surface area (Å²) in [6.45, 7) is 4.95. The number of hydrogen-bond donors (Lipinski definition) is 1. The summed E-state index contributed by atoms with van der Waals surface area (Å²) in [7, 11) is -3.58. The third kappa shape index (κ3) is 5.75. The molecule has 27 heavy (non-hydrogen) atoms. The second kappa shape index (κ2) is 9.82. The van der Waals surface area contributed by atoms with Crippen LogP contribution in [0.4, 0.5) is 0 Å². The van der Waals surface area contributed by atoms with Gasteiger partial charge in [-0.15, -0.1) is 0 Å². The monoisotopic (exact) mass is 398 g/mol. The Kier molecular flexibility index (Phi) is 7.76. The van der Waals surface area contributed by atoms with Gasteiger partial charge < -0.3 is 14.8 Å². The van der Waals surface area contributed by atoms with E-state index in [1.54, 1.807) is 13.8 Å². The number of nitrogens with one attached hydrogen (secondary N) is 1. The molecule has 0 aromatic heterocycles. The topological polar surface area (TPSA) is 102 Å². The molecule has 0 bridgehead atoms. The van der Waals surface area contributed by atoms with E-state index in [0.29, 0.717) is 26.2 Å². The van der Waals surface area contributed by atoms with Gasteiger partial charge in [0.15, 0.2) is 6.61 Å².